The molecule has 3 rings (SSSR count). The van der Waals surface area contributed by atoms with Crippen molar-refractivity contribution in [1.29, 1.82) is 0 Å². The summed E-state index contributed by atoms with van der Waals surface area (Å²) in [6.45, 7) is 0.688. The summed E-state index contributed by atoms with van der Waals surface area (Å²) < 4.78 is 24.0. The van der Waals surface area contributed by atoms with Crippen molar-refractivity contribution in [2.75, 3.05) is 30.2 Å². The molecule has 1 aromatic carbocycles. The Labute approximate surface area is 136 Å². The number of nitrogens with one attached hydrogen (secondary N) is 1. The van der Waals surface area contributed by atoms with E-state index in [1.807, 2.05) is 0 Å². The van der Waals surface area contributed by atoms with Gasteiger partial charge in [0, 0.05) is 5.75 Å². The third kappa shape index (κ3) is 3.42. The summed E-state index contributed by atoms with van der Waals surface area (Å²) >= 11 is 1.45. The van der Waals surface area contributed by atoms with Crippen LogP contribution in [0.5, 0.6) is 0 Å². The molecule has 0 saturated carbocycles. The van der Waals surface area contributed by atoms with Crippen LogP contribution in [-0.4, -0.2) is 47.6 Å². The molecule has 2 heterocycles. The zero-order chi connectivity index (χ0) is 16.2. The number of nitrogens with zero attached hydrogens (tertiary/aromatic N) is 1. The van der Waals surface area contributed by atoms with Crippen molar-refractivity contribution in [2.45, 2.75) is 6.04 Å². The molecule has 0 bridgehead atoms. The van der Waals surface area contributed by atoms with Crippen LogP contribution < -0.4 is 5.32 Å². The topological polar surface area (TPSA) is 67.9 Å². The minimum absolute atomic E-state index is 0.0856. The van der Waals surface area contributed by atoms with Gasteiger partial charge in [-0.25, -0.2) is 4.39 Å². The first-order valence-corrected chi connectivity index (χ1v) is 8.21. The Morgan fingerprint density at radius 3 is 2.87 bits per heavy atom. The van der Waals surface area contributed by atoms with Crippen LogP contribution in [0.2, 0.25) is 0 Å². The van der Waals surface area contributed by atoms with Crippen molar-refractivity contribution in [1.82, 2.24) is 4.90 Å². The maximum atomic E-state index is 13.6. The van der Waals surface area contributed by atoms with Gasteiger partial charge in [-0.15, -0.1) is 11.8 Å². The zero-order valence-electron chi connectivity index (χ0n) is 12.2. The maximum Gasteiger partial charge on any atom is 0.293 e. The molecular weight excluding hydrogens is 323 g/mol. The maximum absolute atomic E-state index is 13.6. The van der Waals surface area contributed by atoms with Crippen molar-refractivity contribution in [2.24, 2.45) is 0 Å². The van der Waals surface area contributed by atoms with Crippen LogP contribution in [-0.2, 0) is 19.1 Å². The second-order valence-electron chi connectivity index (χ2n) is 4.96. The van der Waals surface area contributed by atoms with E-state index in [-0.39, 0.29) is 11.4 Å². The summed E-state index contributed by atoms with van der Waals surface area (Å²) in [5, 5.41) is 2.53. The van der Waals surface area contributed by atoms with E-state index in [1.165, 1.54) is 35.1 Å². The summed E-state index contributed by atoms with van der Waals surface area (Å²) in [6, 6.07) is 5.23. The van der Waals surface area contributed by atoms with E-state index in [4.69, 9.17) is 9.47 Å². The average molecular weight is 338 g/mol. The fourth-order valence-electron chi connectivity index (χ4n) is 2.26. The smallest absolute Gasteiger partial charge is 0.293 e. The molecule has 2 aliphatic rings. The highest BCUT2D eigenvalue weighted by atomic mass is 32.2. The standard InChI is InChI=1S/C15H15FN2O4S/c16-10-3-1-2-4-11(10)17-14(19)12-8-23-9-18(12)15(20)13-7-21-5-6-22-13/h1-4,7,12H,5-6,8-9H2,(H,17,19)/t12-/m1/s1. The number of halogens is 1. The molecule has 1 aromatic rings. The van der Waals surface area contributed by atoms with Crippen molar-refractivity contribution >= 4 is 29.3 Å². The molecule has 1 atom stereocenters. The van der Waals surface area contributed by atoms with E-state index in [1.54, 1.807) is 12.1 Å². The Bertz CT molecular complexity index is 652. The largest absolute Gasteiger partial charge is 0.494 e. The average Bonchev–Trinajstić information content (AvgIpc) is 3.07. The van der Waals surface area contributed by atoms with Gasteiger partial charge in [0.1, 0.15) is 31.3 Å². The fourth-order valence-corrected chi connectivity index (χ4v) is 3.41. The minimum atomic E-state index is -0.682. The quantitative estimate of drug-likeness (QED) is 0.906. The van der Waals surface area contributed by atoms with Crippen molar-refractivity contribution in [3.8, 4) is 0 Å². The first kappa shape index (κ1) is 15.7. The molecule has 122 valence electrons. The molecule has 1 fully saturated rings. The van der Waals surface area contributed by atoms with Crippen molar-refractivity contribution < 1.29 is 23.5 Å². The van der Waals surface area contributed by atoms with Gasteiger partial charge in [0.2, 0.25) is 11.7 Å². The van der Waals surface area contributed by atoms with Crippen molar-refractivity contribution in [3.63, 3.8) is 0 Å². The first-order chi connectivity index (χ1) is 11.2. The summed E-state index contributed by atoms with van der Waals surface area (Å²) in [7, 11) is 0. The number of thioether (sulfide) groups is 1. The van der Waals surface area contributed by atoms with Crippen LogP contribution in [0.3, 0.4) is 0 Å². The predicted octanol–water partition coefficient (Wildman–Crippen LogP) is 1.55. The Kier molecular flexibility index (Phi) is 4.71. The SMILES string of the molecule is O=C(Nc1ccccc1F)[C@H]1CSCN1C(=O)C1=COCCO1. The molecule has 8 heteroatoms. The van der Waals surface area contributed by atoms with Crippen LogP contribution in [0.25, 0.3) is 0 Å². The number of amides is 2. The molecule has 1 N–H and O–H groups in total. The van der Waals surface area contributed by atoms with Gasteiger partial charge in [0.25, 0.3) is 5.91 Å². The van der Waals surface area contributed by atoms with E-state index in [0.29, 0.717) is 24.8 Å². The molecular formula is C15H15FN2O4S. The van der Waals surface area contributed by atoms with Gasteiger partial charge >= 0.3 is 0 Å². The summed E-state index contributed by atoms with van der Waals surface area (Å²) in [6.07, 6.45) is 1.26. The number of hydrogen-bond acceptors (Lipinski definition) is 5. The summed E-state index contributed by atoms with van der Waals surface area (Å²) in [4.78, 5) is 26.2. The lowest BCUT2D eigenvalue weighted by atomic mass is 10.2. The van der Waals surface area contributed by atoms with Gasteiger partial charge in [0.15, 0.2) is 0 Å². The van der Waals surface area contributed by atoms with Crippen LogP contribution in [0.15, 0.2) is 36.3 Å². The number of carbonyl (C=O) groups is 2. The van der Waals surface area contributed by atoms with Crippen LogP contribution in [0.4, 0.5) is 10.1 Å². The third-order valence-corrected chi connectivity index (χ3v) is 4.45. The van der Waals surface area contributed by atoms with Gasteiger partial charge in [-0.2, -0.15) is 0 Å². The zero-order valence-corrected chi connectivity index (χ0v) is 13.0. The number of anilines is 1. The molecule has 23 heavy (non-hydrogen) atoms. The fraction of sp³-hybridized carbons (Fsp3) is 0.333. The van der Waals surface area contributed by atoms with E-state index in [2.05, 4.69) is 5.32 Å². The molecule has 2 amide bonds. The molecule has 0 radical (unpaired) electrons. The van der Waals surface area contributed by atoms with Crippen LogP contribution in [0.1, 0.15) is 0 Å². The monoisotopic (exact) mass is 338 g/mol. The number of hydrogen-bond donors (Lipinski definition) is 1. The Hall–Kier alpha value is -2.22. The molecule has 6 nitrogen and oxygen atoms in total. The first-order valence-electron chi connectivity index (χ1n) is 7.05. The highest BCUT2D eigenvalue weighted by Crippen LogP contribution is 2.25. The highest BCUT2D eigenvalue weighted by Gasteiger charge is 2.37. The van der Waals surface area contributed by atoms with Gasteiger partial charge < -0.3 is 19.7 Å². The Morgan fingerprint density at radius 1 is 1.30 bits per heavy atom. The van der Waals surface area contributed by atoms with Gasteiger partial charge in [-0.3, -0.25) is 9.59 Å². The van der Waals surface area contributed by atoms with Gasteiger partial charge in [-0.1, -0.05) is 12.1 Å². The Balaban J connectivity index is 1.71. The van der Waals surface area contributed by atoms with Gasteiger partial charge in [0.05, 0.1) is 11.6 Å². The molecule has 0 aromatic heterocycles. The normalized spacial score (nSPS) is 20.3. The second kappa shape index (κ2) is 6.91. The predicted molar refractivity (Wildman–Crippen MR) is 83.0 cm³/mol. The summed E-state index contributed by atoms with van der Waals surface area (Å²) in [5.74, 6) is -0.442. The van der Waals surface area contributed by atoms with Gasteiger partial charge in [-0.05, 0) is 12.1 Å². The van der Waals surface area contributed by atoms with E-state index >= 15 is 0 Å². The van der Waals surface area contributed by atoms with E-state index in [9.17, 15) is 14.0 Å². The highest BCUT2D eigenvalue weighted by molar-refractivity contribution is 7.99. The lowest BCUT2D eigenvalue weighted by molar-refractivity contribution is -0.137. The van der Waals surface area contributed by atoms with Crippen LogP contribution >= 0.6 is 11.8 Å². The second-order valence-corrected chi connectivity index (χ2v) is 5.96. The number of ether oxygens (including phenoxy) is 2. The lowest BCUT2D eigenvalue weighted by Gasteiger charge is -2.25. The summed E-state index contributed by atoms with van der Waals surface area (Å²) in [5.41, 5.74) is 0.0956. The molecule has 1 saturated heterocycles. The molecule has 2 aliphatic heterocycles. The van der Waals surface area contributed by atoms with Crippen molar-refractivity contribution in [3.05, 3.63) is 42.1 Å². The number of rotatable bonds is 3. The number of para-hydroxylation sites is 1. The number of carbonyl (C=O) groups excluding carboxylic acids is 2. The van der Waals surface area contributed by atoms with Crippen LogP contribution in [0, 0.1) is 5.82 Å². The Morgan fingerprint density at radius 2 is 2.13 bits per heavy atom. The third-order valence-electron chi connectivity index (χ3n) is 3.44. The van der Waals surface area contributed by atoms with E-state index in [0.717, 1.165) is 0 Å². The lowest BCUT2D eigenvalue weighted by Crippen LogP contribution is -2.45. The molecule has 0 aliphatic carbocycles. The molecule has 0 spiro atoms. The number of benzene rings is 1. The van der Waals surface area contributed by atoms with E-state index < -0.39 is 23.7 Å². The minimum Gasteiger partial charge on any atom is -0.494 e. The molecule has 0 unspecified atom stereocenters.